The van der Waals surface area contributed by atoms with Crippen molar-refractivity contribution < 1.29 is 9.94 Å². The third-order valence-electron chi connectivity index (χ3n) is 4.55. The fourth-order valence-corrected chi connectivity index (χ4v) is 3.43. The number of aromatic nitrogens is 2. The highest BCUT2D eigenvalue weighted by atomic mass is 79.9. The highest BCUT2D eigenvalue weighted by Gasteiger charge is 2.22. The van der Waals surface area contributed by atoms with Crippen LogP contribution in [0.2, 0.25) is 0 Å². The van der Waals surface area contributed by atoms with Gasteiger partial charge in [0.25, 0.3) is 0 Å². The molecule has 1 N–H and O–H groups in total. The van der Waals surface area contributed by atoms with Gasteiger partial charge in [-0.2, -0.15) is 5.10 Å². The predicted molar refractivity (Wildman–Crippen MR) is 109 cm³/mol. The highest BCUT2D eigenvalue weighted by molar-refractivity contribution is 9.10. The number of hydrogen-bond donors (Lipinski definition) is 1. The Morgan fingerprint density at radius 1 is 1.15 bits per heavy atom. The second-order valence-corrected chi connectivity index (χ2v) is 7.08. The van der Waals surface area contributed by atoms with Gasteiger partial charge in [0.2, 0.25) is 5.88 Å². The molecule has 0 aliphatic heterocycles. The number of hydrogen-bond acceptors (Lipinski definition) is 5. The zero-order valence-electron chi connectivity index (χ0n) is 15.1. The van der Waals surface area contributed by atoms with E-state index in [2.05, 4.69) is 62.5 Å². The van der Waals surface area contributed by atoms with Crippen molar-refractivity contribution in [2.75, 3.05) is 7.11 Å². The van der Waals surface area contributed by atoms with Crippen molar-refractivity contribution in [3.05, 3.63) is 87.5 Å². The molecule has 0 aliphatic rings. The van der Waals surface area contributed by atoms with E-state index in [-0.39, 0.29) is 5.92 Å². The van der Waals surface area contributed by atoms with Crippen LogP contribution < -0.4 is 4.74 Å². The number of aryl methyl sites for hydroxylation is 1. The van der Waals surface area contributed by atoms with Crippen LogP contribution in [0.15, 0.2) is 70.4 Å². The van der Waals surface area contributed by atoms with Crippen molar-refractivity contribution in [1.82, 2.24) is 10.2 Å². The second kappa shape index (κ2) is 8.77. The third kappa shape index (κ3) is 4.34. The van der Waals surface area contributed by atoms with Gasteiger partial charge in [-0.05, 0) is 41.8 Å². The zero-order valence-corrected chi connectivity index (χ0v) is 16.7. The van der Waals surface area contributed by atoms with E-state index in [9.17, 15) is 5.21 Å². The van der Waals surface area contributed by atoms with E-state index < -0.39 is 0 Å². The molecule has 1 heterocycles. The topological polar surface area (TPSA) is 67.6 Å². The fraction of sp³-hybridized carbons (Fsp3) is 0.190. The molecule has 1 aromatic heterocycles. The van der Waals surface area contributed by atoms with Crippen molar-refractivity contribution >= 4 is 21.6 Å². The van der Waals surface area contributed by atoms with Crippen LogP contribution in [0.5, 0.6) is 5.88 Å². The first-order valence-corrected chi connectivity index (χ1v) is 9.31. The van der Waals surface area contributed by atoms with E-state index in [1.165, 1.54) is 18.2 Å². The molecule has 0 unspecified atom stereocenters. The summed E-state index contributed by atoms with van der Waals surface area (Å²) in [7, 11) is 1.52. The number of nitrogens with zero attached hydrogens (tertiary/aromatic N) is 3. The molecule has 0 spiro atoms. The fourth-order valence-electron chi connectivity index (χ4n) is 3.17. The molecule has 5 nitrogen and oxygen atoms in total. The minimum absolute atomic E-state index is 0.0167. The van der Waals surface area contributed by atoms with Gasteiger partial charge in [0.05, 0.1) is 24.6 Å². The Morgan fingerprint density at radius 2 is 1.89 bits per heavy atom. The minimum atomic E-state index is 0.0167. The molecular formula is C21H20BrN3O2. The molecule has 3 rings (SSSR count). The van der Waals surface area contributed by atoms with Gasteiger partial charge in [-0.3, -0.25) is 0 Å². The van der Waals surface area contributed by atoms with E-state index >= 15 is 0 Å². The average Bonchev–Trinajstić information content (AvgIpc) is 2.71. The summed E-state index contributed by atoms with van der Waals surface area (Å²) in [6.45, 7) is 2.09. The molecule has 0 bridgehead atoms. The Kier molecular flexibility index (Phi) is 6.19. The molecule has 6 heteroatoms. The second-order valence-electron chi connectivity index (χ2n) is 6.17. The van der Waals surface area contributed by atoms with Gasteiger partial charge < -0.3 is 9.94 Å². The molecular weight excluding hydrogens is 406 g/mol. The lowest BCUT2D eigenvalue weighted by Crippen LogP contribution is -2.13. The predicted octanol–water partition coefficient (Wildman–Crippen LogP) is 4.96. The lowest BCUT2D eigenvalue weighted by molar-refractivity contribution is 0.317. The number of halogens is 1. The van der Waals surface area contributed by atoms with Crippen LogP contribution in [-0.2, 0) is 0 Å². The molecule has 1 atom stereocenters. The summed E-state index contributed by atoms with van der Waals surface area (Å²) >= 11 is 3.49. The first kappa shape index (κ1) is 19.0. The summed E-state index contributed by atoms with van der Waals surface area (Å²) < 4.78 is 6.31. The minimum Gasteiger partial charge on any atom is -0.479 e. The van der Waals surface area contributed by atoms with Crippen molar-refractivity contribution in [2.45, 2.75) is 19.3 Å². The van der Waals surface area contributed by atoms with Gasteiger partial charge in [0, 0.05) is 16.8 Å². The molecule has 27 heavy (non-hydrogen) atoms. The molecule has 0 aliphatic carbocycles. The van der Waals surface area contributed by atoms with Crippen molar-refractivity contribution in [2.24, 2.45) is 5.16 Å². The van der Waals surface area contributed by atoms with Crippen molar-refractivity contribution in [3.8, 4) is 5.88 Å². The van der Waals surface area contributed by atoms with Crippen LogP contribution in [0.25, 0.3) is 0 Å². The SMILES string of the molecule is COc1nnccc1/C(C[C@@H](c1ccc(Br)cc1)c1ccccc1C)=N/O. The standard InChI is InChI=1S/C21H20BrN3O2/c1-14-5-3-4-6-17(14)19(15-7-9-16(22)10-8-15)13-20(25-26)18-11-12-23-24-21(18)27-2/h3-12,19,26H,13H2,1-2H3/b25-20+/t19-/m0/s1. The van der Waals surface area contributed by atoms with Crippen LogP contribution in [0, 0.1) is 6.92 Å². The van der Waals surface area contributed by atoms with Gasteiger partial charge in [-0.1, -0.05) is 57.5 Å². The van der Waals surface area contributed by atoms with Crippen LogP contribution in [0.4, 0.5) is 0 Å². The molecule has 0 fully saturated rings. The summed E-state index contributed by atoms with van der Waals surface area (Å²) in [5, 5.41) is 21.1. The van der Waals surface area contributed by atoms with E-state index in [1.807, 2.05) is 24.3 Å². The van der Waals surface area contributed by atoms with E-state index in [0.29, 0.717) is 23.6 Å². The summed E-state index contributed by atoms with van der Waals surface area (Å²) in [4.78, 5) is 0. The first-order valence-electron chi connectivity index (χ1n) is 8.52. The molecule has 0 radical (unpaired) electrons. The first-order chi connectivity index (χ1) is 13.1. The van der Waals surface area contributed by atoms with Gasteiger partial charge >= 0.3 is 0 Å². The lowest BCUT2D eigenvalue weighted by Gasteiger charge is -2.21. The molecule has 3 aromatic rings. The highest BCUT2D eigenvalue weighted by Crippen LogP contribution is 2.33. The molecule has 0 saturated heterocycles. The van der Waals surface area contributed by atoms with Gasteiger partial charge in [-0.25, -0.2) is 0 Å². The third-order valence-corrected chi connectivity index (χ3v) is 5.07. The Labute approximate surface area is 166 Å². The molecule has 0 amide bonds. The number of methoxy groups -OCH3 is 1. The maximum atomic E-state index is 9.73. The molecule has 0 saturated carbocycles. The summed E-state index contributed by atoms with van der Waals surface area (Å²) in [5.74, 6) is 0.354. The Balaban J connectivity index is 2.05. The van der Waals surface area contributed by atoms with E-state index in [1.54, 1.807) is 12.3 Å². The van der Waals surface area contributed by atoms with E-state index in [4.69, 9.17) is 4.74 Å². The zero-order chi connectivity index (χ0) is 19.2. The molecule has 2 aromatic carbocycles. The summed E-state index contributed by atoms with van der Waals surface area (Å²) in [6, 6.07) is 18.2. The average molecular weight is 426 g/mol. The van der Waals surface area contributed by atoms with Crippen LogP contribution in [-0.4, -0.2) is 28.2 Å². The monoisotopic (exact) mass is 425 g/mol. The Hall–Kier alpha value is -2.73. The maximum Gasteiger partial charge on any atom is 0.242 e. The quantitative estimate of drug-likeness (QED) is 0.344. The van der Waals surface area contributed by atoms with Crippen molar-refractivity contribution in [1.29, 1.82) is 0 Å². The largest absolute Gasteiger partial charge is 0.479 e. The number of oxime groups is 1. The van der Waals surface area contributed by atoms with Crippen LogP contribution in [0.1, 0.15) is 34.6 Å². The smallest absolute Gasteiger partial charge is 0.242 e. The maximum absolute atomic E-state index is 9.73. The van der Waals surface area contributed by atoms with Gasteiger partial charge in [-0.15, -0.1) is 5.10 Å². The van der Waals surface area contributed by atoms with Gasteiger partial charge in [0.1, 0.15) is 0 Å². The normalized spacial score (nSPS) is 12.6. The number of ether oxygens (including phenoxy) is 1. The number of rotatable bonds is 6. The van der Waals surface area contributed by atoms with E-state index in [0.717, 1.165) is 10.0 Å². The summed E-state index contributed by atoms with van der Waals surface area (Å²) in [5.41, 5.74) is 4.63. The van der Waals surface area contributed by atoms with Crippen LogP contribution in [0.3, 0.4) is 0 Å². The molecule has 138 valence electrons. The Bertz CT molecular complexity index is 942. The van der Waals surface area contributed by atoms with Crippen molar-refractivity contribution in [3.63, 3.8) is 0 Å². The Morgan fingerprint density at radius 3 is 2.56 bits per heavy atom. The number of benzene rings is 2. The summed E-state index contributed by atoms with van der Waals surface area (Å²) in [6.07, 6.45) is 2.05. The van der Waals surface area contributed by atoms with Crippen LogP contribution >= 0.6 is 15.9 Å². The van der Waals surface area contributed by atoms with Gasteiger partial charge in [0.15, 0.2) is 0 Å². The lowest BCUT2D eigenvalue weighted by atomic mass is 9.83.